The summed E-state index contributed by atoms with van der Waals surface area (Å²) in [4.78, 5) is 13.9. The summed E-state index contributed by atoms with van der Waals surface area (Å²) in [6, 6.07) is 9.80. The molecule has 1 saturated heterocycles. The van der Waals surface area contributed by atoms with Gasteiger partial charge in [-0.3, -0.25) is 4.79 Å². The molecule has 0 aliphatic carbocycles. The van der Waals surface area contributed by atoms with Crippen molar-refractivity contribution in [1.82, 2.24) is 15.5 Å². The Hall–Kier alpha value is -1.84. The van der Waals surface area contributed by atoms with Crippen LogP contribution in [0.3, 0.4) is 0 Å². The fraction of sp³-hybridized carbons (Fsp3) is 0.333. The fourth-order valence-electron chi connectivity index (χ4n) is 2.08. The average molecular weight is 349 g/mol. The summed E-state index contributed by atoms with van der Waals surface area (Å²) in [6.07, 6.45) is 1.50. The van der Waals surface area contributed by atoms with Crippen molar-refractivity contribution in [2.24, 2.45) is 0 Å². The minimum atomic E-state index is -0.210. The molecule has 1 fully saturated rings. The third-order valence-corrected chi connectivity index (χ3v) is 4.03. The van der Waals surface area contributed by atoms with Crippen LogP contribution in [-0.2, 0) is 11.3 Å². The van der Waals surface area contributed by atoms with Crippen molar-refractivity contribution in [3.8, 4) is 6.07 Å². The number of nitrogens with zero attached hydrogens (tertiary/aromatic N) is 2. The van der Waals surface area contributed by atoms with E-state index in [-0.39, 0.29) is 11.5 Å². The lowest BCUT2D eigenvalue weighted by atomic mass is 10.2. The van der Waals surface area contributed by atoms with Gasteiger partial charge in [-0.15, -0.1) is 0 Å². The largest absolute Gasteiger partial charge is 0.386 e. The van der Waals surface area contributed by atoms with Gasteiger partial charge in [0, 0.05) is 43.4 Å². The van der Waals surface area contributed by atoms with Crippen molar-refractivity contribution in [3.05, 3.63) is 46.1 Å². The first-order chi connectivity index (χ1) is 10.2. The second kappa shape index (κ2) is 7.81. The van der Waals surface area contributed by atoms with Crippen molar-refractivity contribution in [2.75, 3.05) is 26.2 Å². The molecule has 0 aromatic heterocycles. The Balaban J connectivity index is 1.96. The Morgan fingerprint density at radius 1 is 1.43 bits per heavy atom. The van der Waals surface area contributed by atoms with Crippen LogP contribution >= 0.6 is 15.9 Å². The number of rotatable bonds is 4. The van der Waals surface area contributed by atoms with Crippen molar-refractivity contribution < 1.29 is 4.79 Å². The van der Waals surface area contributed by atoms with Crippen molar-refractivity contribution in [2.45, 2.75) is 6.54 Å². The van der Waals surface area contributed by atoms with Crippen LogP contribution in [0.4, 0.5) is 0 Å². The van der Waals surface area contributed by atoms with Crippen molar-refractivity contribution >= 4 is 21.8 Å². The van der Waals surface area contributed by atoms with Crippen LogP contribution in [-0.4, -0.2) is 37.0 Å². The summed E-state index contributed by atoms with van der Waals surface area (Å²) in [7, 11) is 0. The molecule has 0 atom stereocenters. The van der Waals surface area contributed by atoms with Crippen LogP contribution < -0.4 is 10.6 Å². The molecule has 1 aliphatic rings. The molecule has 0 radical (unpaired) electrons. The topological polar surface area (TPSA) is 68.2 Å². The Morgan fingerprint density at radius 3 is 2.81 bits per heavy atom. The predicted molar refractivity (Wildman–Crippen MR) is 84.1 cm³/mol. The highest BCUT2D eigenvalue weighted by atomic mass is 79.9. The zero-order chi connectivity index (χ0) is 15.1. The second-order valence-electron chi connectivity index (χ2n) is 4.68. The molecule has 2 rings (SSSR count). The highest BCUT2D eigenvalue weighted by Gasteiger charge is 2.19. The zero-order valence-electron chi connectivity index (χ0n) is 11.6. The lowest BCUT2D eigenvalue weighted by molar-refractivity contribution is -0.127. The standard InChI is InChI=1S/C15H17BrN4O/c16-14-4-2-1-3-12(14)10-19-11-13(9-17)15(21)20-7-5-18-6-8-20/h1-4,11,18-19H,5-8,10H2/b13-11-. The minimum Gasteiger partial charge on any atom is -0.386 e. The lowest BCUT2D eigenvalue weighted by Gasteiger charge is -2.27. The van der Waals surface area contributed by atoms with E-state index in [1.165, 1.54) is 6.20 Å². The molecule has 0 bridgehead atoms. The summed E-state index contributed by atoms with van der Waals surface area (Å²) in [6.45, 7) is 3.38. The molecule has 6 heteroatoms. The van der Waals surface area contributed by atoms with Crippen molar-refractivity contribution in [3.63, 3.8) is 0 Å². The Labute approximate surface area is 132 Å². The van der Waals surface area contributed by atoms with Crippen LogP contribution in [0.2, 0.25) is 0 Å². The summed E-state index contributed by atoms with van der Waals surface area (Å²) >= 11 is 3.46. The maximum Gasteiger partial charge on any atom is 0.266 e. The van der Waals surface area contributed by atoms with Gasteiger partial charge < -0.3 is 15.5 Å². The molecule has 1 amide bonds. The summed E-state index contributed by atoms with van der Waals surface area (Å²) < 4.78 is 0.998. The Bertz CT molecular complexity index is 573. The number of hydrogen-bond donors (Lipinski definition) is 2. The van der Waals surface area contributed by atoms with Gasteiger partial charge in [-0.25, -0.2) is 0 Å². The predicted octanol–water partition coefficient (Wildman–Crippen LogP) is 1.38. The number of carbonyl (C=O) groups excluding carboxylic acids is 1. The van der Waals surface area contributed by atoms with E-state index in [1.54, 1.807) is 4.90 Å². The number of carbonyl (C=O) groups is 1. The molecule has 110 valence electrons. The molecule has 1 aromatic rings. The van der Waals surface area contributed by atoms with Gasteiger partial charge in [-0.2, -0.15) is 5.26 Å². The smallest absolute Gasteiger partial charge is 0.266 e. The third kappa shape index (κ3) is 4.31. The van der Waals surface area contributed by atoms with E-state index in [4.69, 9.17) is 5.26 Å². The maximum atomic E-state index is 12.2. The van der Waals surface area contributed by atoms with Gasteiger partial charge in [0.05, 0.1) is 0 Å². The molecule has 1 aliphatic heterocycles. The molecular weight excluding hydrogens is 332 g/mol. The number of halogens is 1. The van der Waals surface area contributed by atoms with Gasteiger partial charge in [0.25, 0.3) is 5.91 Å². The molecule has 1 heterocycles. The van der Waals surface area contributed by atoms with Crippen molar-refractivity contribution in [1.29, 1.82) is 5.26 Å². The molecule has 0 saturated carbocycles. The first-order valence-corrected chi connectivity index (χ1v) is 7.58. The summed E-state index contributed by atoms with van der Waals surface area (Å²) in [5.74, 6) is -0.210. The van der Waals surface area contributed by atoms with E-state index in [0.29, 0.717) is 19.6 Å². The number of nitriles is 1. The van der Waals surface area contributed by atoms with Gasteiger partial charge in [0.2, 0.25) is 0 Å². The van der Waals surface area contributed by atoms with E-state index in [0.717, 1.165) is 23.1 Å². The van der Waals surface area contributed by atoms with Crippen LogP contribution in [0.25, 0.3) is 0 Å². The molecule has 0 unspecified atom stereocenters. The highest BCUT2D eigenvalue weighted by Crippen LogP contribution is 2.15. The van der Waals surface area contributed by atoms with E-state index in [1.807, 2.05) is 30.3 Å². The average Bonchev–Trinajstić information content (AvgIpc) is 2.53. The van der Waals surface area contributed by atoms with Crippen LogP contribution in [0.5, 0.6) is 0 Å². The molecule has 0 spiro atoms. The van der Waals surface area contributed by atoms with Crippen LogP contribution in [0.1, 0.15) is 5.56 Å². The molecule has 5 nitrogen and oxygen atoms in total. The van der Waals surface area contributed by atoms with Gasteiger partial charge in [0.1, 0.15) is 11.6 Å². The quantitative estimate of drug-likeness (QED) is 0.637. The number of nitrogens with one attached hydrogen (secondary N) is 2. The number of benzene rings is 1. The number of hydrogen-bond acceptors (Lipinski definition) is 4. The second-order valence-corrected chi connectivity index (χ2v) is 5.54. The third-order valence-electron chi connectivity index (χ3n) is 3.25. The van der Waals surface area contributed by atoms with Crippen LogP contribution in [0, 0.1) is 11.3 Å². The van der Waals surface area contributed by atoms with Gasteiger partial charge in [0.15, 0.2) is 0 Å². The van der Waals surface area contributed by atoms with Gasteiger partial charge in [-0.1, -0.05) is 34.1 Å². The monoisotopic (exact) mass is 348 g/mol. The Morgan fingerprint density at radius 2 is 2.14 bits per heavy atom. The van der Waals surface area contributed by atoms with E-state index in [9.17, 15) is 4.79 Å². The number of amides is 1. The van der Waals surface area contributed by atoms with Gasteiger partial charge >= 0.3 is 0 Å². The first-order valence-electron chi connectivity index (χ1n) is 6.79. The molecular formula is C15H17BrN4O. The molecule has 1 aromatic carbocycles. The highest BCUT2D eigenvalue weighted by molar-refractivity contribution is 9.10. The molecule has 2 N–H and O–H groups in total. The maximum absolute atomic E-state index is 12.2. The minimum absolute atomic E-state index is 0.143. The SMILES string of the molecule is N#C/C(=C/NCc1ccccc1Br)C(=O)N1CCNCC1. The summed E-state index contributed by atoms with van der Waals surface area (Å²) in [5.41, 5.74) is 1.21. The fourth-order valence-corrected chi connectivity index (χ4v) is 2.51. The van der Waals surface area contributed by atoms with E-state index in [2.05, 4.69) is 26.6 Å². The van der Waals surface area contributed by atoms with E-state index >= 15 is 0 Å². The van der Waals surface area contributed by atoms with Crippen LogP contribution in [0.15, 0.2) is 40.5 Å². The Kier molecular flexibility index (Phi) is 5.78. The zero-order valence-corrected chi connectivity index (χ0v) is 13.2. The molecule has 21 heavy (non-hydrogen) atoms. The normalized spacial score (nSPS) is 15.4. The first kappa shape index (κ1) is 15.5. The lowest BCUT2D eigenvalue weighted by Crippen LogP contribution is -2.46. The van der Waals surface area contributed by atoms with E-state index < -0.39 is 0 Å². The van der Waals surface area contributed by atoms with Gasteiger partial charge in [-0.05, 0) is 11.6 Å². The number of piperazine rings is 1. The summed E-state index contributed by atoms with van der Waals surface area (Å²) in [5, 5.41) is 15.4.